The smallest absolute Gasteiger partial charge is 0.306 e. The Morgan fingerprint density at radius 3 is 2.20 bits per heavy atom. The molecule has 3 heterocycles. The molecule has 0 atom stereocenters. The van der Waals surface area contributed by atoms with Crippen LogP contribution in [0.15, 0.2) is 91.6 Å². The van der Waals surface area contributed by atoms with Crippen LogP contribution in [0.4, 0.5) is 13.2 Å². The molecule has 2 aromatic carbocycles. The zero-order chi connectivity index (χ0) is 20.7. The third-order valence-corrected chi connectivity index (χ3v) is 4.95. The largest absolute Gasteiger partial charge is 0.416 e. The fraction of sp³-hybridized carbons (Fsp3) is 0.0435. The molecule has 0 fully saturated rings. The van der Waals surface area contributed by atoms with Crippen molar-refractivity contribution in [3.63, 3.8) is 0 Å². The fourth-order valence-electron chi connectivity index (χ4n) is 3.39. The molecule has 0 amide bonds. The van der Waals surface area contributed by atoms with Crippen molar-refractivity contribution in [3.8, 4) is 28.2 Å². The van der Waals surface area contributed by atoms with E-state index >= 15 is 0 Å². The highest BCUT2D eigenvalue weighted by Gasteiger charge is 2.30. The Hall–Kier alpha value is -3.87. The summed E-state index contributed by atoms with van der Waals surface area (Å²) in [6.07, 6.45) is 2.91. The van der Waals surface area contributed by atoms with Crippen LogP contribution in [0.5, 0.6) is 0 Å². The first-order valence-corrected chi connectivity index (χ1v) is 9.23. The summed E-state index contributed by atoms with van der Waals surface area (Å²) < 4.78 is 42.3. The van der Waals surface area contributed by atoms with Gasteiger partial charge in [-0.2, -0.15) is 13.2 Å². The lowest BCUT2D eigenvalue weighted by Gasteiger charge is -2.08. The van der Waals surface area contributed by atoms with Gasteiger partial charge in [-0.1, -0.05) is 30.3 Å². The van der Waals surface area contributed by atoms with Crippen LogP contribution in [0.3, 0.4) is 0 Å². The zero-order valence-corrected chi connectivity index (χ0v) is 15.6. The molecule has 0 spiro atoms. The number of nitrogens with zero attached hydrogens (tertiary/aromatic N) is 4. The van der Waals surface area contributed by atoms with Crippen LogP contribution in [0.1, 0.15) is 5.56 Å². The summed E-state index contributed by atoms with van der Waals surface area (Å²) in [6, 6.07) is 18.7. The number of alkyl halides is 3. The normalized spacial score (nSPS) is 11.8. The molecule has 3 aromatic heterocycles. The number of hydrogen-bond acceptors (Lipinski definition) is 2. The number of hydrogen-bond donors (Lipinski definition) is 0. The number of aromatic nitrogens is 4. The topological polar surface area (TPSA) is 35.1 Å². The van der Waals surface area contributed by atoms with Crippen LogP contribution in [0.2, 0.25) is 0 Å². The Bertz CT molecular complexity index is 1320. The molecule has 148 valence electrons. The lowest BCUT2D eigenvalue weighted by Crippen LogP contribution is -2.04. The lowest BCUT2D eigenvalue weighted by atomic mass is 10.1. The summed E-state index contributed by atoms with van der Waals surface area (Å²) in [6.45, 7) is 0. The van der Waals surface area contributed by atoms with E-state index in [0.717, 1.165) is 40.4 Å². The van der Waals surface area contributed by atoms with Crippen molar-refractivity contribution in [1.29, 1.82) is 0 Å². The van der Waals surface area contributed by atoms with Gasteiger partial charge in [-0.25, -0.2) is 9.97 Å². The third kappa shape index (κ3) is 3.24. The molecule has 0 bridgehead atoms. The van der Waals surface area contributed by atoms with Crippen LogP contribution in [-0.2, 0) is 6.18 Å². The summed E-state index contributed by atoms with van der Waals surface area (Å²) in [5, 5.41) is 0. The Balaban J connectivity index is 1.53. The number of imidazole rings is 2. The van der Waals surface area contributed by atoms with E-state index in [2.05, 4.69) is 9.97 Å². The summed E-state index contributed by atoms with van der Waals surface area (Å²) in [7, 11) is 0. The molecule has 0 saturated carbocycles. The van der Waals surface area contributed by atoms with Gasteiger partial charge in [-0.15, -0.1) is 0 Å². The maximum Gasteiger partial charge on any atom is 0.416 e. The molecule has 0 aliphatic carbocycles. The van der Waals surface area contributed by atoms with Gasteiger partial charge in [0.15, 0.2) is 0 Å². The Morgan fingerprint density at radius 1 is 0.733 bits per heavy atom. The maximum absolute atomic E-state index is 12.8. The van der Waals surface area contributed by atoms with Gasteiger partial charge < -0.3 is 4.57 Å². The summed E-state index contributed by atoms with van der Waals surface area (Å²) in [4.78, 5) is 8.93. The predicted molar refractivity (Wildman–Crippen MR) is 108 cm³/mol. The first kappa shape index (κ1) is 18.2. The van der Waals surface area contributed by atoms with Crippen LogP contribution in [0.25, 0.3) is 33.8 Å². The van der Waals surface area contributed by atoms with E-state index in [0.29, 0.717) is 5.56 Å². The monoisotopic (exact) mass is 404 g/mol. The molecule has 7 heteroatoms. The Morgan fingerprint density at radius 2 is 1.47 bits per heavy atom. The highest BCUT2D eigenvalue weighted by atomic mass is 19.4. The molecule has 0 radical (unpaired) electrons. The molecule has 0 unspecified atom stereocenters. The molecule has 0 N–H and O–H groups in total. The summed E-state index contributed by atoms with van der Waals surface area (Å²) in [5.74, 6) is 0. The average molecular weight is 404 g/mol. The minimum Gasteiger partial charge on any atom is -0.306 e. The molecular weight excluding hydrogens is 389 g/mol. The molecule has 0 saturated heterocycles. The Kier molecular flexibility index (Phi) is 4.17. The van der Waals surface area contributed by atoms with Crippen LogP contribution in [0, 0.1) is 0 Å². The number of benzene rings is 2. The fourth-order valence-corrected chi connectivity index (χ4v) is 3.39. The molecule has 0 aliphatic rings. The zero-order valence-electron chi connectivity index (χ0n) is 15.6. The van der Waals surface area contributed by atoms with Gasteiger partial charge in [0, 0.05) is 18.1 Å². The highest BCUT2D eigenvalue weighted by molar-refractivity contribution is 5.68. The van der Waals surface area contributed by atoms with E-state index in [4.69, 9.17) is 0 Å². The van der Waals surface area contributed by atoms with Gasteiger partial charge >= 0.3 is 6.18 Å². The standard InChI is InChI=1S/C23H15F3N4/c24-23(25,26)18-9-6-16(7-10-18)17-8-11-22-27-12-21(30(22)13-17)20-14-29(15-28-20)19-4-2-1-3-5-19/h1-15H. The molecule has 5 rings (SSSR count). The average Bonchev–Trinajstić information content (AvgIpc) is 3.40. The van der Waals surface area contributed by atoms with Gasteiger partial charge in [-0.05, 0) is 47.5 Å². The van der Waals surface area contributed by atoms with E-state index in [9.17, 15) is 13.2 Å². The number of halogens is 3. The number of fused-ring (bicyclic) bond motifs is 1. The molecule has 0 aliphatic heterocycles. The van der Waals surface area contributed by atoms with Crippen molar-refractivity contribution >= 4 is 5.65 Å². The van der Waals surface area contributed by atoms with Crippen LogP contribution < -0.4 is 0 Å². The van der Waals surface area contributed by atoms with Crippen LogP contribution >= 0.6 is 0 Å². The lowest BCUT2D eigenvalue weighted by molar-refractivity contribution is -0.137. The van der Waals surface area contributed by atoms with Crippen molar-refractivity contribution in [1.82, 2.24) is 18.9 Å². The van der Waals surface area contributed by atoms with Crippen molar-refractivity contribution in [2.45, 2.75) is 6.18 Å². The van der Waals surface area contributed by atoms with Crippen molar-refractivity contribution in [2.75, 3.05) is 0 Å². The first-order valence-electron chi connectivity index (χ1n) is 9.23. The third-order valence-electron chi connectivity index (χ3n) is 4.95. The van der Waals surface area contributed by atoms with E-state index in [-0.39, 0.29) is 0 Å². The highest BCUT2D eigenvalue weighted by Crippen LogP contribution is 2.31. The van der Waals surface area contributed by atoms with Crippen molar-refractivity contribution in [2.24, 2.45) is 0 Å². The Labute approximate surface area is 169 Å². The maximum atomic E-state index is 12.8. The van der Waals surface area contributed by atoms with E-state index in [1.165, 1.54) is 12.1 Å². The van der Waals surface area contributed by atoms with E-state index in [1.807, 2.05) is 63.8 Å². The SMILES string of the molecule is FC(F)(F)c1ccc(-c2ccc3ncc(-c4cn(-c5ccccc5)cn4)n3c2)cc1. The van der Waals surface area contributed by atoms with Gasteiger partial charge in [-0.3, -0.25) is 4.40 Å². The van der Waals surface area contributed by atoms with Gasteiger partial charge in [0.25, 0.3) is 0 Å². The quantitative estimate of drug-likeness (QED) is 0.377. The molecule has 4 nitrogen and oxygen atoms in total. The second kappa shape index (κ2) is 6.88. The summed E-state index contributed by atoms with van der Waals surface area (Å²) >= 11 is 0. The summed E-state index contributed by atoms with van der Waals surface area (Å²) in [5.41, 5.74) is 4.09. The molecular formula is C23H15F3N4. The molecule has 5 aromatic rings. The number of rotatable bonds is 3. The second-order valence-electron chi connectivity index (χ2n) is 6.87. The number of pyridine rings is 1. The first-order chi connectivity index (χ1) is 14.5. The van der Waals surface area contributed by atoms with Gasteiger partial charge in [0.1, 0.15) is 11.3 Å². The predicted octanol–water partition coefficient (Wildman–Crippen LogP) is 5.87. The second-order valence-corrected chi connectivity index (χ2v) is 6.87. The number of para-hydroxylation sites is 1. The van der Waals surface area contributed by atoms with Gasteiger partial charge in [0.05, 0.1) is 23.8 Å². The van der Waals surface area contributed by atoms with E-state index < -0.39 is 11.7 Å². The van der Waals surface area contributed by atoms with Crippen LogP contribution in [-0.4, -0.2) is 18.9 Å². The van der Waals surface area contributed by atoms with Crippen molar-refractivity contribution in [3.05, 3.63) is 97.2 Å². The van der Waals surface area contributed by atoms with Crippen molar-refractivity contribution < 1.29 is 13.2 Å². The van der Waals surface area contributed by atoms with Gasteiger partial charge in [0.2, 0.25) is 0 Å². The minimum absolute atomic E-state index is 0.665. The van der Waals surface area contributed by atoms with E-state index in [1.54, 1.807) is 12.5 Å². The molecule has 30 heavy (non-hydrogen) atoms. The minimum atomic E-state index is -4.35.